The third-order valence-corrected chi connectivity index (χ3v) is 9.01. The van der Waals surface area contributed by atoms with Gasteiger partial charge in [-0.3, -0.25) is 4.57 Å². The Hall–Kier alpha value is -1.71. The zero-order valence-electron chi connectivity index (χ0n) is 26.0. The molecule has 1 unspecified atom stereocenters. The van der Waals surface area contributed by atoms with Crippen molar-refractivity contribution in [3.63, 3.8) is 0 Å². The molecule has 1 aromatic rings. The fourth-order valence-electron chi connectivity index (χ4n) is 4.66. The average molecular weight is 562 g/mol. The fourth-order valence-corrected chi connectivity index (χ4v) is 6.03. The molecule has 1 aromatic carbocycles. The number of nitrogens with zero attached hydrogens (tertiary/aromatic N) is 1. The van der Waals surface area contributed by atoms with Gasteiger partial charge in [-0.1, -0.05) is 58.3 Å². The smallest absolute Gasteiger partial charge is 0.200 e. The Balaban J connectivity index is 0.00000166. The average Bonchev–Trinajstić information content (AvgIpc) is 3.76. The minimum absolute atomic E-state index is 0.366. The molecule has 1 saturated carbocycles. The molecular formula is C33H56NO4P. The molecular weight excluding hydrogens is 505 g/mol. The molecule has 39 heavy (non-hydrogen) atoms. The Morgan fingerprint density at radius 2 is 1.85 bits per heavy atom. The summed E-state index contributed by atoms with van der Waals surface area (Å²) >= 11 is 0. The minimum Gasteiger partial charge on any atom is -0.498 e. The van der Waals surface area contributed by atoms with Gasteiger partial charge in [0.25, 0.3) is 0 Å². The van der Waals surface area contributed by atoms with Gasteiger partial charge in [-0.25, -0.2) is 0 Å². The molecule has 0 aromatic heterocycles. The van der Waals surface area contributed by atoms with E-state index >= 15 is 0 Å². The highest BCUT2D eigenvalue weighted by molar-refractivity contribution is 7.58. The van der Waals surface area contributed by atoms with Crippen LogP contribution in [-0.4, -0.2) is 46.2 Å². The van der Waals surface area contributed by atoms with Gasteiger partial charge < -0.3 is 18.9 Å². The zero-order chi connectivity index (χ0) is 28.9. The first-order chi connectivity index (χ1) is 18.4. The summed E-state index contributed by atoms with van der Waals surface area (Å²) in [7, 11) is -0.783. The van der Waals surface area contributed by atoms with Crippen molar-refractivity contribution in [2.24, 2.45) is 11.3 Å². The fraction of sp³-hybridized carbons (Fsp3) is 0.697. The summed E-state index contributed by atoms with van der Waals surface area (Å²) in [6.45, 7) is 19.9. The number of hydrogen-bond acceptors (Lipinski definition) is 5. The van der Waals surface area contributed by atoms with E-state index in [1.807, 2.05) is 19.9 Å². The van der Waals surface area contributed by atoms with E-state index in [0.717, 1.165) is 56.0 Å². The van der Waals surface area contributed by atoms with Crippen LogP contribution in [0.25, 0.3) is 0 Å². The Morgan fingerprint density at radius 3 is 2.41 bits per heavy atom. The normalized spacial score (nSPS) is 17.6. The van der Waals surface area contributed by atoms with Crippen LogP contribution in [0.3, 0.4) is 0 Å². The summed E-state index contributed by atoms with van der Waals surface area (Å²) in [5.41, 5.74) is 4.05. The van der Waals surface area contributed by atoms with E-state index in [-0.39, 0.29) is 0 Å². The van der Waals surface area contributed by atoms with Gasteiger partial charge >= 0.3 is 0 Å². The van der Waals surface area contributed by atoms with Crippen molar-refractivity contribution >= 4 is 13.1 Å². The highest BCUT2D eigenvalue weighted by Gasteiger charge is 2.22. The first-order valence-electron chi connectivity index (χ1n) is 15.0. The maximum absolute atomic E-state index is 12.3. The monoisotopic (exact) mass is 561 g/mol. The lowest BCUT2D eigenvalue weighted by Gasteiger charge is -2.35. The maximum atomic E-state index is 12.3. The molecule has 0 N–H and O–H groups in total. The summed E-state index contributed by atoms with van der Waals surface area (Å²) in [5, 5.41) is 0. The zero-order valence-corrected chi connectivity index (χ0v) is 26.9. The highest BCUT2D eigenvalue weighted by Crippen LogP contribution is 2.43. The molecule has 5 nitrogen and oxygen atoms in total. The second-order valence-corrected chi connectivity index (χ2v) is 15.3. The topological polar surface area (TPSA) is 48.0 Å². The molecule has 1 saturated heterocycles. The first-order valence-corrected chi connectivity index (χ1v) is 17.3. The largest absolute Gasteiger partial charge is 0.498 e. The van der Waals surface area contributed by atoms with Gasteiger partial charge in [0.1, 0.15) is 5.75 Å². The summed E-state index contributed by atoms with van der Waals surface area (Å²) in [4.78, 5) is 2.53. The standard InChI is InChI=1S/C30H50NO4P.C3H6/c1-9-35-36(8,32)20-16-24(2)21-25(3)34-23-26-14-18-31(19-15-26)29-22-28(33-7)13-12-27(29)11-10-17-30(4,5)6;1-2-3-1/h12-13,21-22,26H,2,9-11,14-20,23H2,1,3-8H3;1-3H2/b25-21+;. The van der Waals surface area contributed by atoms with Crippen LogP contribution in [0.1, 0.15) is 91.5 Å². The molecule has 1 heterocycles. The second kappa shape index (κ2) is 16.5. The molecule has 2 fully saturated rings. The lowest BCUT2D eigenvalue weighted by atomic mass is 9.88. The second-order valence-electron chi connectivity index (χ2n) is 12.5. The van der Waals surface area contributed by atoms with Crippen molar-refractivity contribution in [3.8, 4) is 5.75 Å². The number of piperidine rings is 1. The van der Waals surface area contributed by atoms with Gasteiger partial charge in [-0.05, 0) is 81.4 Å². The molecule has 0 bridgehead atoms. The SMILES string of the molecule is C1CC1.C=C(/C=C(\C)OCC1CCN(c2cc(OC)ccc2CCCC(C)(C)C)CC1)CCP(C)(=O)OCC. The van der Waals surface area contributed by atoms with Crippen molar-refractivity contribution in [3.05, 3.63) is 47.7 Å². The van der Waals surface area contributed by atoms with E-state index in [0.29, 0.717) is 30.5 Å². The Kier molecular flexibility index (Phi) is 14.2. The summed E-state index contributed by atoms with van der Waals surface area (Å²) in [5.74, 6) is 2.34. The van der Waals surface area contributed by atoms with Crippen LogP contribution in [0.4, 0.5) is 5.69 Å². The van der Waals surface area contributed by atoms with E-state index in [1.54, 1.807) is 13.8 Å². The molecule has 0 spiro atoms. The number of hydrogen-bond donors (Lipinski definition) is 0. The number of anilines is 1. The van der Waals surface area contributed by atoms with E-state index in [2.05, 4.69) is 50.4 Å². The molecule has 1 aliphatic heterocycles. The number of ether oxygens (including phenoxy) is 2. The van der Waals surface area contributed by atoms with Crippen LogP contribution >= 0.6 is 7.37 Å². The number of rotatable bonds is 14. The van der Waals surface area contributed by atoms with Gasteiger partial charge in [0.2, 0.25) is 7.37 Å². The van der Waals surface area contributed by atoms with Crippen molar-refractivity contribution in [2.75, 3.05) is 51.1 Å². The molecule has 1 atom stereocenters. The number of methoxy groups -OCH3 is 1. The van der Waals surface area contributed by atoms with Crippen LogP contribution in [0.15, 0.2) is 42.2 Å². The number of aryl methyl sites for hydroxylation is 1. The highest BCUT2D eigenvalue weighted by atomic mass is 31.2. The van der Waals surface area contributed by atoms with Gasteiger partial charge in [0.05, 0.1) is 26.1 Å². The molecule has 6 heteroatoms. The molecule has 0 radical (unpaired) electrons. The molecule has 3 rings (SSSR count). The third kappa shape index (κ3) is 14.5. The lowest BCUT2D eigenvalue weighted by Crippen LogP contribution is -2.35. The molecule has 1 aliphatic carbocycles. The first kappa shape index (κ1) is 33.5. The predicted molar refractivity (Wildman–Crippen MR) is 168 cm³/mol. The number of allylic oxidation sites excluding steroid dienone is 3. The molecule has 2 aliphatic rings. The van der Waals surface area contributed by atoms with E-state index in [9.17, 15) is 4.57 Å². The summed E-state index contributed by atoms with van der Waals surface area (Å²) < 4.78 is 29.3. The summed E-state index contributed by atoms with van der Waals surface area (Å²) in [6.07, 6.45) is 13.4. The Morgan fingerprint density at radius 1 is 1.18 bits per heavy atom. The minimum atomic E-state index is -2.53. The predicted octanol–water partition coefficient (Wildman–Crippen LogP) is 9.26. The maximum Gasteiger partial charge on any atom is 0.200 e. The van der Waals surface area contributed by atoms with E-state index in [1.165, 1.54) is 43.4 Å². The summed E-state index contributed by atoms with van der Waals surface area (Å²) in [6, 6.07) is 6.55. The van der Waals surface area contributed by atoms with Gasteiger partial charge in [-0.15, -0.1) is 0 Å². The van der Waals surface area contributed by atoms with Crippen molar-refractivity contribution < 1.29 is 18.6 Å². The van der Waals surface area contributed by atoms with Crippen molar-refractivity contribution in [1.29, 1.82) is 0 Å². The lowest BCUT2D eigenvalue weighted by molar-refractivity contribution is 0.151. The molecule has 222 valence electrons. The van der Waals surface area contributed by atoms with E-state index < -0.39 is 7.37 Å². The van der Waals surface area contributed by atoms with Crippen LogP contribution in [0.5, 0.6) is 5.75 Å². The quantitative estimate of drug-likeness (QED) is 0.129. The van der Waals surface area contributed by atoms with Crippen molar-refractivity contribution in [1.82, 2.24) is 0 Å². The van der Waals surface area contributed by atoms with Crippen molar-refractivity contribution in [2.45, 2.75) is 92.4 Å². The van der Waals surface area contributed by atoms with Crippen LogP contribution in [-0.2, 0) is 20.2 Å². The van der Waals surface area contributed by atoms with Crippen LogP contribution < -0.4 is 9.64 Å². The van der Waals surface area contributed by atoms with Gasteiger partial charge in [0.15, 0.2) is 0 Å². The van der Waals surface area contributed by atoms with Gasteiger partial charge in [0, 0.05) is 37.7 Å². The third-order valence-electron chi connectivity index (χ3n) is 7.17. The van der Waals surface area contributed by atoms with Crippen LogP contribution in [0, 0.1) is 11.3 Å². The van der Waals surface area contributed by atoms with Crippen LogP contribution in [0.2, 0.25) is 0 Å². The van der Waals surface area contributed by atoms with Gasteiger partial charge in [-0.2, -0.15) is 0 Å². The Labute approximate surface area is 239 Å². The van der Waals surface area contributed by atoms with E-state index in [4.69, 9.17) is 14.0 Å². The number of benzene rings is 1. The Bertz CT molecular complexity index is 952. The molecule has 0 amide bonds.